The van der Waals surface area contributed by atoms with Gasteiger partial charge in [-0.25, -0.2) is 4.98 Å². The minimum atomic E-state index is -0.235. The van der Waals surface area contributed by atoms with Crippen LogP contribution in [0, 0.1) is 0 Å². The lowest BCUT2D eigenvalue weighted by molar-refractivity contribution is -0.112. The first-order valence-electron chi connectivity index (χ1n) is 11.5. The number of allylic oxidation sites excluding steroid dienone is 2. The predicted molar refractivity (Wildman–Crippen MR) is 142 cm³/mol. The van der Waals surface area contributed by atoms with Gasteiger partial charge in [-0.15, -0.1) is 10.2 Å². The van der Waals surface area contributed by atoms with E-state index in [9.17, 15) is 4.79 Å². The van der Waals surface area contributed by atoms with Gasteiger partial charge in [0.05, 0.1) is 5.75 Å². The summed E-state index contributed by atoms with van der Waals surface area (Å²) >= 11 is 1.31. The van der Waals surface area contributed by atoms with Gasteiger partial charge in [0.2, 0.25) is 5.16 Å². The molecule has 0 saturated heterocycles. The summed E-state index contributed by atoms with van der Waals surface area (Å²) in [7, 11) is 2.02. The number of hydrogen-bond acceptors (Lipinski definition) is 6. The highest BCUT2D eigenvalue weighted by Gasteiger charge is 2.38. The van der Waals surface area contributed by atoms with Crippen LogP contribution in [0.4, 0.5) is 5.69 Å². The van der Waals surface area contributed by atoms with Crippen molar-refractivity contribution in [1.29, 1.82) is 0 Å². The Hall–Kier alpha value is -3.77. The van der Waals surface area contributed by atoms with Crippen LogP contribution in [0.5, 0.6) is 0 Å². The molecule has 4 aromatic rings. The van der Waals surface area contributed by atoms with Crippen LogP contribution in [0.25, 0.3) is 22.5 Å². The molecule has 0 amide bonds. The van der Waals surface area contributed by atoms with E-state index in [2.05, 4.69) is 41.1 Å². The van der Waals surface area contributed by atoms with Gasteiger partial charge in [0.1, 0.15) is 11.4 Å². The Morgan fingerprint density at radius 3 is 2.11 bits per heavy atom. The number of hydrogen-bond donors (Lipinski definition) is 0. The van der Waals surface area contributed by atoms with Gasteiger partial charge in [-0.05, 0) is 11.6 Å². The Balaban J connectivity index is 1.39. The molecule has 35 heavy (non-hydrogen) atoms. The van der Waals surface area contributed by atoms with E-state index in [1.165, 1.54) is 17.3 Å². The van der Waals surface area contributed by atoms with E-state index >= 15 is 0 Å². The molecule has 0 spiro atoms. The van der Waals surface area contributed by atoms with Gasteiger partial charge in [-0.3, -0.25) is 4.79 Å². The number of nitrogens with zero attached hydrogens (tertiary/aromatic N) is 4. The fraction of sp³-hybridized carbons (Fsp3) is 0.172. The molecule has 0 fully saturated rings. The van der Waals surface area contributed by atoms with Crippen molar-refractivity contribution in [2.45, 2.75) is 24.4 Å². The molecule has 1 aliphatic rings. The number of carbonyl (C=O) groups excluding carboxylic acids is 1. The summed E-state index contributed by atoms with van der Waals surface area (Å²) in [6.45, 7) is 4.31. The van der Waals surface area contributed by atoms with Crippen molar-refractivity contribution in [1.82, 2.24) is 15.2 Å². The van der Waals surface area contributed by atoms with Crippen molar-refractivity contribution in [2.24, 2.45) is 0 Å². The second-order valence-corrected chi connectivity index (χ2v) is 9.95. The van der Waals surface area contributed by atoms with E-state index in [-0.39, 0.29) is 17.0 Å². The van der Waals surface area contributed by atoms with Gasteiger partial charge in [-0.1, -0.05) is 104 Å². The molecule has 2 heterocycles. The zero-order valence-electron chi connectivity index (χ0n) is 20.0. The summed E-state index contributed by atoms with van der Waals surface area (Å²) in [5.74, 6) is 0.263. The Kier molecular flexibility index (Phi) is 6.22. The van der Waals surface area contributed by atoms with Crippen molar-refractivity contribution < 1.29 is 4.79 Å². The van der Waals surface area contributed by atoms with Crippen LogP contribution in [-0.4, -0.2) is 33.8 Å². The predicted octanol–water partition coefficient (Wildman–Crippen LogP) is 6.18. The Morgan fingerprint density at radius 2 is 1.46 bits per heavy atom. The van der Waals surface area contributed by atoms with Gasteiger partial charge >= 0.3 is 0 Å². The van der Waals surface area contributed by atoms with E-state index in [0.29, 0.717) is 5.16 Å². The molecule has 1 aliphatic heterocycles. The highest BCUT2D eigenvalue weighted by atomic mass is 32.2. The van der Waals surface area contributed by atoms with Gasteiger partial charge in [-0.2, -0.15) is 0 Å². The summed E-state index contributed by atoms with van der Waals surface area (Å²) in [6.07, 6.45) is 1.76. The monoisotopic (exact) mass is 478 g/mol. The molecule has 0 radical (unpaired) electrons. The second kappa shape index (κ2) is 9.47. The molecule has 174 valence electrons. The molecule has 5 nitrogen and oxygen atoms in total. The van der Waals surface area contributed by atoms with Crippen LogP contribution in [0.3, 0.4) is 0 Å². The normalized spacial score (nSPS) is 15.3. The first kappa shape index (κ1) is 23.0. The van der Waals surface area contributed by atoms with Crippen LogP contribution in [0.15, 0.2) is 102 Å². The molecule has 1 aromatic heterocycles. The summed E-state index contributed by atoms with van der Waals surface area (Å²) in [4.78, 5) is 19.9. The fourth-order valence-corrected chi connectivity index (χ4v) is 5.16. The molecule has 6 heteroatoms. The summed E-state index contributed by atoms with van der Waals surface area (Å²) in [6, 6.07) is 28.2. The lowest BCUT2D eigenvalue weighted by Crippen LogP contribution is -2.24. The van der Waals surface area contributed by atoms with Crippen molar-refractivity contribution in [2.75, 3.05) is 17.7 Å². The number of aromatic nitrogens is 3. The van der Waals surface area contributed by atoms with E-state index in [0.717, 1.165) is 33.9 Å². The standard InChI is InChI=1S/C29H26N4OS/c1-29(2)23-16-10-11-17-24(23)33(3)25(29)18-22(34)19-35-28-30-26(20-12-6-4-7-13-20)27(31-32-28)21-14-8-5-9-15-21/h4-18H,19H2,1-3H3. The number of benzene rings is 3. The Morgan fingerprint density at radius 1 is 0.857 bits per heavy atom. The van der Waals surface area contributed by atoms with Crippen molar-refractivity contribution >= 4 is 23.2 Å². The highest BCUT2D eigenvalue weighted by molar-refractivity contribution is 7.99. The van der Waals surface area contributed by atoms with Gasteiger partial charge in [0, 0.05) is 41.1 Å². The number of thioether (sulfide) groups is 1. The maximum absolute atomic E-state index is 13.0. The molecule has 0 N–H and O–H groups in total. The van der Waals surface area contributed by atoms with Crippen LogP contribution in [0.1, 0.15) is 19.4 Å². The minimum Gasteiger partial charge on any atom is -0.347 e. The topological polar surface area (TPSA) is 59.0 Å². The summed E-state index contributed by atoms with van der Waals surface area (Å²) in [5.41, 5.74) is 6.52. The number of carbonyl (C=O) groups is 1. The largest absolute Gasteiger partial charge is 0.347 e. The molecule has 3 aromatic carbocycles. The van der Waals surface area contributed by atoms with Crippen LogP contribution < -0.4 is 4.90 Å². The third kappa shape index (κ3) is 4.49. The Labute approximate surface area is 209 Å². The number of para-hydroxylation sites is 1. The first-order chi connectivity index (χ1) is 16.9. The lowest BCUT2D eigenvalue weighted by Gasteiger charge is -2.23. The SMILES string of the molecule is CN1C(=CC(=O)CSc2nnc(-c3ccccc3)c(-c3ccccc3)n2)C(C)(C)c2ccccc21. The minimum absolute atomic E-state index is 0.0229. The van der Waals surface area contributed by atoms with Crippen molar-refractivity contribution in [3.05, 3.63) is 102 Å². The van der Waals surface area contributed by atoms with E-state index in [1.54, 1.807) is 6.08 Å². The van der Waals surface area contributed by atoms with Gasteiger partial charge in [0.25, 0.3) is 0 Å². The van der Waals surface area contributed by atoms with Gasteiger partial charge in [0.15, 0.2) is 5.78 Å². The maximum Gasteiger partial charge on any atom is 0.210 e. The van der Waals surface area contributed by atoms with E-state index < -0.39 is 0 Å². The average Bonchev–Trinajstić information content (AvgIpc) is 3.09. The third-order valence-electron chi connectivity index (χ3n) is 6.34. The van der Waals surface area contributed by atoms with Gasteiger partial charge < -0.3 is 4.90 Å². The second-order valence-electron chi connectivity index (χ2n) is 9.01. The van der Waals surface area contributed by atoms with E-state index in [4.69, 9.17) is 4.98 Å². The number of likely N-dealkylation sites (N-methyl/N-ethyl adjacent to an activating group) is 1. The van der Waals surface area contributed by atoms with Crippen molar-refractivity contribution in [3.8, 4) is 22.5 Å². The van der Waals surface area contributed by atoms with Crippen LogP contribution in [0.2, 0.25) is 0 Å². The van der Waals surface area contributed by atoms with Crippen molar-refractivity contribution in [3.63, 3.8) is 0 Å². The average molecular weight is 479 g/mol. The van der Waals surface area contributed by atoms with E-state index in [1.807, 2.05) is 79.8 Å². The molecular formula is C29H26N4OS. The zero-order chi connectivity index (χ0) is 24.4. The molecule has 0 atom stereocenters. The molecule has 0 unspecified atom stereocenters. The molecule has 0 saturated carbocycles. The summed E-state index contributed by atoms with van der Waals surface area (Å²) in [5, 5.41) is 9.32. The first-order valence-corrected chi connectivity index (χ1v) is 12.5. The highest BCUT2D eigenvalue weighted by Crippen LogP contribution is 2.46. The number of fused-ring (bicyclic) bond motifs is 1. The number of anilines is 1. The fourth-order valence-electron chi connectivity index (χ4n) is 4.55. The lowest BCUT2D eigenvalue weighted by atomic mass is 9.83. The Bertz CT molecular complexity index is 1400. The van der Waals surface area contributed by atoms with Crippen LogP contribution in [-0.2, 0) is 10.2 Å². The maximum atomic E-state index is 13.0. The molecule has 0 bridgehead atoms. The number of rotatable bonds is 6. The number of ketones is 1. The smallest absolute Gasteiger partial charge is 0.210 e. The third-order valence-corrected chi connectivity index (χ3v) is 7.20. The summed E-state index contributed by atoms with van der Waals surface area (Å²) < 4.78 is 0. The molecule has 5 rings (SSSR count). The quantitative estimate of drug-likeness (QED) is 0.244. The molecule has 0 aliphatic carbocycles. The molecular weight excluding hydrogens is 452 g/mol. The van der Waals surface area contributed by atoms with Crippen LogP contribution >= 0.6 is 11.8 Å². The zero-order valence-corrected chi connectivity index (χ0v) is 20.8.